The Kier molecular flexibility index (Phi) is 3.92. The number of aliphatic imine (C=N–C) groups is 1. The lowest BCUT2D eigenvalue weighted by molar-refractivity contribution is -0.129. The van der Waals surface area contributed by atoms with Gasteiger partial charge in [0.1, 0.15) is 5.76 Å². The van der Waals surface area contributed by atoms with Crippen LogP contribution in [0.2, 0.25) is 0 Å². The number of carbonyl (C=O) groups is 1. The van der Waals surface area contributed by atoms with E-state index in [4.69, 9.17) is 9.15 Å². The van der Waals surface area contributed by atoms with E-state index in [1.54, 1.807) is 12.1 Å². The van der Waals surface area contributed by atoms with Gasteiger partial charge in [0.2, 0.25) is 5.90 Å². The van der Waals surface area contributed by atoms with Gasteiger partial charge in [-0.1, -0.05) is 0 Å². The first-order valence-corrected chi connectivity index (χ1v) is 7.81. The molecular formula is C14H7I2NO3. The molecule has 0 amide bonds. The smallest absolute Gasteiger partial charge is 0.363 e. The lowest BCUT2D eigenvalue weighted by atomic mass is 10.2. The summed E-state index contributed by atoms with van der Waals surface area (Å²) in [4.78, 5) is 16.0. The Morgan fingerprint density at radius 1 is 1.05 bits per heavy atom. The summed E-state index contributed by atoms with van der Waals surface area (Å²) in [6.07, 6.45) is 1.57. The molecule has 1 aliphatic rings. The second kappa shape index (κ2) is 5.68. The molecule has 20 heavy (non-hydrogen) atoms. The standard InChI is InChI=1S/C14H7I2NO3/c15-9-3-1-8(2-4-9)13-17-11(14(18)20-13)7-10-5-6-12(16)19-10/h1-7H. The Morgan fingerprint density at radius 3 is 2.45 bits per heavy atom. The summed E-state index contributed by atoms with van der Waals surface area (Å²) in [7, 11) is 0. The molecule has 1 aromatic carbocycles. The summed E-state index contributed by atoms with van der Waals surface area (Å²) in [6, 6.07) is 11.2. The Labute approximate surface area is 142 Å². The van der Waals surface area contributed by atoms with Crippen molar-refractivity contribution in [2.75, 3.05) is 0 Å². The average Bonchev–Trinajstić information content (AvgIpc) is 2.98. The first kappa shape index (κ1) is 13.8. The summed E-state index contributed by atoms with van der Waals surface area (Å²) < 4.78 is 12.4. The molecule has 1 aromatic heterocycles. The Morgan fingerprint density at radius 2 is 1.80 bits per heavy atom. The van der Waals surface area contributed by atoms with Crippen molar-refractivity contribution in [2.24, 2.45) is 4.99 Å². The Balaban J connectivity index is 1.92. The number of ether oxygens (including phenoxy) is 1. The van der Waals surface area contributed by atoms with Gasteiger partial charge < -0.3 is 9.15 Å². The maximum Gasteiger partial charge on any atom is 0.363 e. The molecule has 0 fully saturated rings. The molecule has 0 N–H and O–H groups in total. The van der Waals surface area contributed by atoms with E-state index in [9.17, 15) is 4.79 Å². The van der Waals surface area contributed by atoms with Crippen LogP contribution in [0.1, 0.15) is 11.3 Å². The van der Waals surface area contributed by atoms with Gasteiger partial charge >= 0.3 is 5.97 Å². The molecular weight excluding hydrogens is 484 g/mol. The SMILES string of the molecule is O=C1OC(c2ccc(I)cc2)=NC1=Cc1ccc(I)o1. The fourth-order valence-corrected chi connectivity index (χ4v) is 2.46. The van der Waals surface area contributed by atoms with Crippen LogP contribution in [0.4, 0.5) is 0 Å². The number of halogens is 2. The van der Waals surface area contributed by atoms with Gasteiger partial charge in [0.05, 0.1) is 0 Å². The summed E-state index contributed by atoms with van der Waals surface area (Å²) >= 11 is 4.27. The highest BCUT2D eigenvalue weighted by atomic mass is 127. The molecule has 2 heterocycles. The van der Waals surface area contributed by atoms with Crippen molar-refractivity contribution in [1.29, 1.82) is 0 Å². The van der Waals surface area contributed by atoms with Crippen LogP contribution < -0.4 is 0 Å². The number of hydrogen-bond acceptors (Lipinski definition) is 4. The molecule has 0 bridgehead atoms. The highest BCUT2D eigenvalue weighted by molar-refractivity contribution is 14.1. The number of nitrogens with zero attached hydrogens (tertiary/aromatic N) is 1. The van der Waals surface area contributed by atoms with Crippen LogP contribution in [0.25, 0.3) is 6.08 Å². The van der Waals surface area contributed by atoms with Gasteiger partial charge in [-0.05, 0) is 81.6 Å². The first-order chi connectivity index (χ1) is 9.61. The van der Waals surface area contributed by atoms with Crippen LogP contribution in [0, 0.1) is 7.34 Å². The van der Waals surface area contributed by atoms with Gasteiger partial charge in [0.15, 0.2) is 9.46 Å². The number of rotatable bonds is 2. The number of esters is 1. The van der Waals surface area contributed by atoms with Crippen molar-refractivity contribution in [1.82, 2.24) is 0 Å². The molecule has 0 unspecified atom stereocenters. The number of benzene rings is 1. The predicted molar refractivity (Wildman–Crippen MR) is 91.2 cm³/mol. The van der Waals surface area contributed by atoms with Gasteiger partial charge in [-0.25, -0.2) is 9.79 Å². The fourth-order valence-electron chi connectivity index (χ4n) is 1.67. The third-order valence-electron chi connectivity index (χ3n) is 2.58. The van der Waals surface area contributed by atoms with E-state index in [1.807, 2.05) is 30.3 Å². The van der Waals surface area contributed by atoms with Gasteiger partial charge in [0.25, 0.3) is 0 Å². The number of hydrogen-bond donors (Lipinski definition) is 0. The maximum atomic E-state index is 11.8. The molecule has 2 aromatic rings. The van der Waals surface area contributed by atoms with Crippen molar-refractivity contribution >= 4 is 63.1 Å². The third-order valence-corrected chi connectivity index (χ3v) is 3.88. The largest absolute Gasteiger partial charge is 0.451 e. The summed E-state index contributed by atoms with van der Waals surface area (Å²) in [5, 5.41) is 0. The van der Waals surface area contributed by atoms with Crippen LogP contribution in [-0.2, 0) is 9.53 Å². The van der Waals surface area contributed by atoms with E-state index in [2.05, 4.69) is 50.2 Å². The van der Waals surface area contributed by atoms with Crippen molar-refractivity contribution in [3.63, 3.8) is 0 Å². The van der Waals surface area contributed by atoms with Crippen molar-refractivity contribution in [3.05, 3.63) is 60.8 Å². The fraction of sp³-hybridized carbons (Fsp3) is 0. The van der Waals surface area contributed by atoms with Crippen molar-refractivity contribution in [3.8, 4) is 0 Å². The number of cyclic esters (lactones) is 1. The highest BCUT2D eigenvalue weighted by Crippen LogP contribution is 2.21. The van der Waals surface area contributed by atoms with E-state index < -0.39 is 5.97 Å². The quantitative estimate of drug-likeness (QED) is 0.365. The van der Waals surface area contributed by atoms with E-state index in [0.717, 1.165) is 12.9 Å². The maximum absolute atomic E-state index is 11.8. The Bertz CT molecular complexity index is 729. The van der Waals surface area contributed by atoms with Crippen molar-refractivity contribution < 1.29 is 13.9 Å². The van der Waals surface area contributed by atoms with Gasteiger partial charge in [-0.3, -0.25) is 0 Å². The first-order valence-electron chi connectivity index (χ1n) is 5.66. The average molecular weight is 491 g/mol. The van der Waals surface area contributed by atoms with Crippen LogP contribution in [0.5, 0.6) is 0 Å². The zero-order valence-corrected chi connectivity index (χ0v) is 14.3. The van der Waals surface area contributed by atoms with Crippen molar-refractivity contribution in [2.45, 2.75) is 0 Å². The summed E-state index contributed by atoms with van der Waals surface area (Å²) in [5.74, 6) is 0.429. The molecule has 0 radical (unpaired) electrons. The van der Waals surface area contributed by atoms with Crippen LogP contribution in [-0.4, -0.2) is 11.9 Å². The van der Waals surface area contributed by atoms with Crippen LogP contribution in [0.3, 0.4) is 0 Å². The van der Waals surface area contributed by atoms with Crippen LogP contribution >= 0.6 is 45.2 Å². The normalized spacial score (nSPS) is 16.4. The molecule has 0 saturated carbocycles. The minimum absolute atomic E-state index is 0.240. The molecule has 3 rings (SSSR count). The molecule has 0 spiro atoms. The molecule has 0 saturated heterocycles. The summed E-state index contributed by atoms with van der Waals surface area (Å²) in [5.41, 5.74) is 1.01. The predicted octanol–water partition coefficient (Wildman–Crippen LogP) is 3.83. The van der Waals surface area contributed by atoms with Gasteiger partial charge in [-0.15, -0.1) is 0 Å². The van der Waals surface area contributed by atoms with E-state index in [-0.39, 0.29) is 5.70 Å². The molecule has 0 aliphatic carbocycles. The van der Waals surface area contributed by atoms with Gasteiger partial charge in [0, 0.05) is 15.2 Å². The zero-order chi connectivity index (χ0) is 14.1. The van der Waals surface area contributed by atoms with Gasteiger partial charge in [-0.2, -0.15) is 0 Å². The number of furan rings is 1. The minimum Gasteiger partial charge on any atom is -0.451 e. The molecule has 0 atom stereocenters. The minimum atomic E-state index is -0.468. The highest BCUT2D eigenvalue weighted by Gasteiger charge is 2.24. The zero-order valence-electron chi connectivity index (χ0n) is 9.97. The van der Waals surface area contributed by atoms with E-state index in [0.29, 0.717) is 11.7 Å². The third kappa shape index (κ3) is 2.95. The lowest BCUT2D eigenvalue weighted by Gasteiger charge is -1.98. The topological polar surface area (TPSA) is 51.8 Å². The molecule has 1 aliphatic heterocycles. The molecule has 4 nitrogen and oxygen atoms in total. The second-order valence-corrected chi connectivity index (χ2v) is 6.29. The lowest BCUT2D eigenvalue weighted by Crippen LogP contribution is -2.05. The van der Waals surface area contributed by atoms with E-state index >= 15 is 0 Å². The second-order valence-electron chi connectivity index (χ2n) is 3.98. The number of carbonyl (C=O) groups excluding carboxylic acids is 1. The van der Waals surface area contributed by atoms with E-state index in [1.165, 1.54) is 0 Å². The molecule has 6 heteroatoms. The summed E-state index contributed by atoms with van der Waals surface area (Å²) in [6.45, 7) is 0. The monoisotopic (exact) mass is 491 g/mol. The Hall–Kier alpha value is -1.16. The van der Waals surface area contributed by atoms with Crippen LogP contribution in [0.15, 0.2) is 51.5 Å². The molecule has 100 valence electrons.